The molecule has 2 fully saturated rings. The van der Waals surface area contributed by atoms with Crippen LogP contribution in [0.4, 0.5) is 0 Å². The molecular weight excluding hydrogens is 194 g/mol. The first kappa shape index (κ1) is 10.9. The maximum Gasteiger partial charge on any atom is 0.222 e. The quantitative estimate of drug-likeness (QED) is 0.702. The van der Waals surface area contributed by atoms with Gasteiger partial charge in [-0.15, -0.1) is 0 Å². The van der Waals surface area contributed by atoms with Gasteiger partial charge in [0, 0.05) is 25.9 Å². The van der Waals surface area contributed by atoms with E-state index in [-0.39, 0.29) is 12.2 Å². The molecule has 4 heteroatoms. The van der Waals surface area contributed by atoms with Gasteiger partial charge in [-0.2, -0.15) is 0 Å². The molecular formula is C11H19NO3. The van der Waals surface area contributed by atoms with Crippen LogP contribution in [0.2, 0.25) is 0 Å². The topological polar surface area (TPSA) is 38.8 Å². The van der Waals surface area contributed by atoms with E-state index in [2.05, 4.69) is 6.92 Å². The Labute approximate surface area is 90.5 Å². The highest BCUT2D eigenvalue weighted by atomic mass is 16.7. The Morgan fingerprint density at radius 1 is 1.40 bits per heavy atom. The molecule has 0 spiro atoms. The summed E-state index contributed by atoms with van der Waals surface area (Å²) >= 11 is 0. The molecule has 1 atom stereocenters. The summed E-state index contributed by atoms with van der Waals surface area (Å²) in [5.41, 5.74) is 0. The van der Waals surface area contributed by atoms with E-state index in [1.165, 1.54) is 0 Å². The second kappa shape index (κ2) is 4.94. The molecule has 1 unspecified atom stereocenters. The third kappa shape index (κ3) is 2.92. The number of rotatable bonds is 3. The van der Waals surface area contributed by atoms with E-state index < -0.39 is 0 Å². The van der Waals surface area contributed by atoms with Crippen molar-refractivity contribution in [2.75, 3.05) is 26.3 Å². The summed E-state index contributed by atoms with van der Waals surface area (Å²) in [7, 11) is 0. The summed E-state index contributed by atoms with van der Waals surface area (Å²) in [5, 5.41) is 0. The summed E-state index contributed by atoms with van der Waals surface area (Å²) in [6.07, 6.45) is 2.39. The van der Waals surface area contributed by atoms with Crippen molar-refractivity contribution in [3.05, 3.63) is 0 Å². The average molecular weight is 213 g/mol. The zero-order valence-corrected chi connectivity index (χ0v) is 9.28. The molecule has 86 valence electrons. The number of carbonyl (C=O) groups excluding carboxylic acids is 1. The molecule has 2 saturated heterocycles. The van der Waals surface area contributed by atoms with Gasteiger partial charge in [0.05, 0.1) is 13.2 Å². The van der Waals surface area contributed by atoms with E-state index in [1.807, 2.05) is 4.90 Å². The van der Waals surface area contributed by atoms with Crippen molar-refractivity contribution in [2.24, 2.45) is 5.92 Å². The van der Waals surface area contributed by atoms with E-state index in [1.54, 1.807) is 0 Å². The lowest BCUT2D eigenvalue weighted by Gasteiger charge is -2.25. The van der Waals surface area contributed by atoms with Crippen LogP contribution >= 0.6 is 0 Å². The van der Waals surface area contributed by atoms with Gasteiger partial charge in [-0.05, 0) is 12.3 Å². The van der Waals surface area contributed by atoms with E-state index in [4.69, 9.17) is 9.47 Å². The molecule has 15 heavy (non-hydrogen) atoms. The maximum absolute atomic E-state index is 11.5. The molecule has 1 amide bonds. The number of hydrogen-bond donors (Lipinski definition) is 0. The third-order valence-electron chi connectivity index (χ3n) is 2.94. The van der Waals surface area contributed by atoms with Crippen LogP contribution in [0.1, 0.15) is 26.2 Å². The van der Waals surface area contributed by atoms with Gasteiger partial charge in [0.25, 0.3) is 0 Å². The van der Waals surface area contributed by atoms with Crippen LogP contribution in [0.5, 0.6) is 0 Å². The largest absolute Gasteiger partial charge is 0.353 e. The van der Waals surface area contributed by atoms with Crippen LogP contribution in [0.3, 0.4) is 0 Å². The minimum atomic E-state index is -0.0949. The highest BCUT2D eigenvalue weighted by Gasteiger charge is 2.27. The fourth-order valence-corrected chi connectivity index (χ4v) is 2.15. The van der Waals surface area contributed by atoms with Gasteiger partial charge in [0.2, 0.25) is 5.91 Å². The third-order valence-corrected chi connectivity index (χ3v) is 2.94. The monoisotopic (exact) mass is 213 g/mol. The van der Waals surface area contributed by atoms with Gasteiger partial charge in [-0.1, -0.05) is 6.92 Å². The van der Waals surface area contributed by atoms with Crippen LogP contribution < -0.4 is 0 Å². The average Bonchev–Trinajstić information content (AvgIpc) is 2.56. The fourth-order valence-electron chi connectivity index (χ4n) is 2.15. The van der Waals surface area contributed by atoms with Crippen molar-refractivity contribution >= 4 is 5.91 Å². The Kier molecular flexibility index (Phi) is 3.59. The van der Waals surface area contributed by atoms with Crippen molar-refractivity contribution in [3.8, 4) is 0 Å². The summed E-state index contributed by atoms with van der Waals surface area (Å²) in [6.45, 7) is 5.36. The van der Waals surface area contributed by atoms with Crippen LogP contribution in [0, 0.1) is 5.92 Å². The zero-order chi connectivity index (χ0) is 10.7. The SMILES string of the molecule is CC1CC(=O)N(CCC2OCCCO2)C1. The number of carbonyl (C=O) groups is 1. The lowest BCUT2D eigenvalue weighted by Crippen LogP contribution is -2.32. The predicted molar refractivity (Wildman–Crippen MR) is 55.3 cm³/mol. The summed E-state index contributed by atoms with van der Waals surface area (Å²) in [4.78, 5) is 13.4. The minimum absolute atomic E-state index is 0.0949. The van der Waals surface area contributed by atoms with E-state index in [0.717, 1.165) is 39.1 Å². The molecule has 4 nitrogen and oxygen atoms in total. The lowest BCUT2D eigenvalue weighted by molar-refractivity contribution is -0.182. The molecule has 0 aliphatic carbocycles. The standard InChI is InChI=1S/C11H19NO3/c1-9-7-10(13)12(8-9)4-3-11-14-5-2-6-15-11/h9,11H,2-8H2,1H3. The first-order valence-corrected chi connectivity index (χ1v) is 5.76. The summed E-state index contributed by atoms with van der Waals surface area (Å²) < 4.78 is 10.9. The minimum Gasteiger partial charge on any atom is -0.353 e. The highest BCUT2D eigenvalue weighted by molar-refractivity contribution is 5.78. The van der Waals surface area contributed by atoms with Crippen LogP contribution in [-0.4, -0.2) is 43.4 Å². The fraction of sp³-hybridized carbons (Fsp3) is 0.909. The number of nitrogens with zero attached hydrogens (tertiary/aromatic N) is 1. The van der Waals surface area contributed by atoms with Crippen molar-refractivity contribution in [1.82, 2.24) is 4.90 Å². The van der Waals surface area contributed by atoms with Crippen molar-refractivity contribution < 1.29 is 14.3 Å². The van der Waals surface area contributed by atoms with E-state index >= 15 is 0 Å². The number of ether oxygens (including phenoxy) is 2. The van der Waals surface area contributed by atoms with Crippen LogP contribution in [0.25, 0.3) is 0 Å². The Balaban J connectivity index is 1.70. The van der Waals surface area contributed by atoms with E-state index in [0.29, 0.717) is 12.3 Å². The maximum atomic E-state index is 11.5. The zero-order valence-electron chi connectivity index (χ0n) is 9.28. The van der Waals surface area contributed by atoms with Gasteiger partial charge in [-0.25, -0.2) is 0 Å². The van der Waals surface area contributed by atoms with Crippen molar-refractivity contribution in [2.45, 2.75) is 32.5 Å². The number of hydrogen-bond acceptors (Lipinski definition) is 3. The van der Waals surface area contributed by atoms with Gasteiger partial charge < -0.3 is 14.4 Å². The van der Waals surface area contributed by atoms with Gasteiger partial charge in [0.1, 0.15) is 0 Å². The Bertz CT molecular complexity index is 226. The molecule has 0 aromatic heterocycles. The highest BCUT2D eigenvalue weighted by Crippen LogP contribution is 2.18. The molecule has 0 aromatic carbocycles. The molecule has 2 aliphatic heterocycles. The molecule has 2 rings (SSSR count). The Hall–Kier alpha value is -0.610. The van der Waals surface area contributed by atoms with Gasteiger partial charge >= 0.3 is 0 Å². The summed E-state index contributed by atoms with van der Waals surface area (Å²) in [6, 6.07) is 0. The molecule has 0 N–H and O–H groups in total. The first-order chi connectivity index (χ1) is 7.25. The first-order valence-electron chi connectivity index (χ1n) is 5.76. The van der Waals surface area contributed by atoms with Gasteiger partial charge in [0.15, 0.2) is 6.29 Å². The number of likely N-dealkylation sites (tertiary alicyclic amines) is 1. The molecule has 0 bridgehead atoms. The molecule has 2 heterocycles. The Morgan fingerprint density at radius 3 is 2.73 bits per heavy atom. The van der Waals surface area contributed by atoms with Crippen molar-refractivity contribution in [1.29, 1.82) is 0 Å². The predicted octanol–water partition coefficient (Wildman–Crippen LogP) is 1.01. The molecule has 2 aliphatic rings. The second-order valence-electron chi connectivity index (χ2n) is 4.46. The van der Waals surface area contributed by atoms with E-state index in [9.17, 15) is 4.79 Å². The number of amides is 1. The molecule has 0 aromatic rings. The molecule has 0 saturated carbocycles. The van der Waals surface area contributed by atoms with Gasteiger partial charge in [-0.3, -0.25) is 4.79 Å². The summed E-state index contributed by atoms with van der Waals surface area (Å²) in [5.74, 6) is 0.781. The second-order valence-corrected chi connectivity index (χ2v) is 4.46. The Morgan fingerprint density at radius 2 is 2.13 bits per heavy atom. The van der Waals surface area contributed by atoms with Crippen LogP contribution in [0.15, 0.2) is 0 Å². The normalized spacial score (nSPS) is 28.7. The lowest BCUT2D eigenvalue weighted by atomic mass is 10.2. The smallest absolute Gasteiger partial charge is 0.222 e. The van der Waals surface area contributed by atoms with Crippen LogP contribution in [-0.2, 0) is 14.3 Å². The molecule has 0 radical (unpaired) electrons. The van der Waals surface area contributed by atoms with Crippen molar-refractivity contribution in [3.63, 3.8) is 0 Å².